The first kappa shape index (κ1) is 15.3. The molecule has 0 saturated carbocycles. The Balaban J connectivity index is 1.97. The molecular formula is C17H17NO5. The number of carbonyl (C=O) groups is 3. The second-order valence-corrected chi connectivity index (χ2v) is 5.52. The van der Waals surface area contributed by atoms with Crippen molar-refractivity contribution in [2.75, 3.05) is 13.7 Å². The summed E-state index contributed by atoms with van der Waals surface area (Å²) in [5.74, 6) is -1.39. The van der Waals surface area contributed by atoms with E-state index in [4.69, 9.17) is 9.47 Å². The summed E-state index contributed by atoms with van der Waals surface area (Å²) in [6.45, 7) is 0.122. The Morgan fingerprint density at radius 1 is 1.26 bits per heavy atom. The van der Waals surface area contributed by atoms with Crippen molar-refractivity contribution in [2.45, 2.75) is 25.3 Å². The Labute approximate surface area is 133 Å². The van der Waals surface area contributed by atoms with Crippen LogP contribution in [0.1, 0.15) is 18.4 Å². The standard InChI is InChI=1S/C17H17NO5/c1-22-16(20)13-7-8-14(19)18-12(10-23-17(21)15(13)18)9-11-5-3-2-4-6-11/h2-6,12H,7-10H2,1H3. The molecule has 0 aliphatic carbocycles. The molecular weight excluding hydrogens is 298 g/mol. The van der Waals surface area contributed by atoms with Gasteiger partial charge < -0.3 is 9.47 Å². The molecule has 23 heavy (non-hydrogen) atoms. The number of carbonyl (C=O) groups excluding carboxylic acids is 3. The summed E-state index contributed by atoms with van der Waals surface area (Å²) in [5.41, 5.74) is 1.29. The van der Waals surface area contributed by atoms with Crippen molar-refractivity contribution in [2.24, 2.45) is 0 Å². The molecule has 1 aromatic carbocycles. The van der Waals surface area contributed by atoms with E-state index in [1.165, 1.54) is 12.0 Å². The molecule has 3 rings (SSSR count). The van der Waals surface area contributed by atoms with Crippen molar-refractivity contribution in [3.8, 4) is 0 Å². The summed E-state index contributed by atoms with van der Waals surface area (Å²) < 4.78 is 9.94. The monoisotopic (exact) mass is 315 g/mol. The maximum atomic E-state index is 12.4. The first-order chi connectivity index (χ1) is 11.1. The molecule has 120 valence electrons. The van der Waals surface area contributed by atoms with Crippen molar-refractivity contribution < 1.29 is 23.9 Å². The molecule has 2 heterocycles. The number of methoxy groups -OCH3 is 1. The minimum Gasteiger partial charge on any atom is -0.466 e. The summed E-state index contributed by atoms with van der Waals surface area (Å²) in [4.78, 5) is 37.8. The Hall–Kier alpha value is -2.63. The number of ether oxygens (including phenoxy) is 2. The Kier molecular flexibility index (Phi) is 4.14. The van der Waals surface area contributed by atoms with E-state index in [9.17, 15) is 14.4 Å². The molecule has 1 amide bonds. The van der Waals surface area contributed by atoms with E-state index in [-0.39, 0.29) is 42.7 Å². The van der Waals surface area contributed by atoms with Crippen LogP contribution in [0.25, 0.3) is 0 Å². The van der Waals surface area contributed by atoms with Crippen LogP contribution >= 0.6 is 0 Å². The highest BCUT2D eigenvalue weighted by Crippen LogP contribution is 2.31. The van der Waals surface area contributed by atoms with Crippen LogP contribution in [0.15, 0.2) is 41.6 Å². The van der Waals surface area contributed by atoms with E-state index in [1.54, 1.807) is 0 Å². The van der Waals surface area contributed by atoms with Gasteiger partial charge >= 0.3 is 11.9 Å². The number of benzene rings is 1. The van der Waals surface area contributed by atoms with Gasteiger partial charge in [-0.3, -0.25) is 9.69 Å². The number of esters is 2. The van der Waals surface area contributed by atoms with Gasteiger partial charge in [0.15, 0.2) is 0 Å². The van der Waals surface area contributed by atoms with Crippen LogP contribution in [-0.4, -0.2) is 42.5 Å². The van der Waals surface area contributed by atoms with Crippen LogP contribution in [-0.2, 0) is 30.3 Å². The molecule has 0 radical (unpaired) electrons. The lowest BCUT2D eigenvalue weighted by Crippen LogP contribution is -2.52. The van der Waals surface area contributed by atoms with Crippen molar-refractivity contribution >= 4 is 17.8 Å². The fraction of sp³-hybridized carbons (Fsp3) is 0.353. The van der Waals surface area contributed by atoms with Crippen molar-refractivity contribution in [3.63, 3.8) is 0 Å². The van der Waals surface area contributed by atoms with Gasteiger partial charge in [0.2, 0.25) is 5.91 Å². The highest BCUT2D eigenvalue weighted by atomic mass is 16.5. The fourth-order valence-electron chi connectivity index (χ4n) is 3.02. The second kappa shape index (κ2) is 6.24. The average molecular weight is 315 g/mol. The van der Waals surface area contributed by atoms with E-state index in [2.05, 4.69) is 0 Å². The molecule has 2 aliphatic heterocycles. The van der Waals surface area contributed by atoms with E-state index in [1.807, 2.05) is 30.3 Å². The molecule has 6 heteroatoms. The van der Waals surface area contributed by atoms with Gasteiger partial charge in [-0.1, -0.05) is 30.3 Å². The summed E-state index contributed by atoms with van der Waals surface area (Å²) in [6, 6.07) is 9.34. The van der Waals surface area contributed by atoms with E-state index in [0.29, 0.717) is 6.42 Å². The van der Waals surface area contributed by atoms with E-state index >= 15 is 0 Å². The van der Waals surface area contributed by atoms with Crippen molar-refractivity contribution in [1.82, 2.24) is 4.90 Å². The highest BCUT2D eigenvalue weighted by Gasteiger charge is 2.42. The Morgan fingerprint density at radius 2 is 2.00 bits per heavy atom. The third kappa shape index (κ3) is 2.84. The quantitative estimate of drug-likeness (QED) is 0.784. The number of morpholine rings is 1. The summed E-state index contributed by atoms with van der Waals surface area (Å²) in [7, 11) is 1.26. The van der Waals surface area contributed by atoms with Gasteiger partial charge in [-0.05, 0) is 18.4 Å². The second-order valence-electron chi connectivity index (χ2n) is 5.52. The predicted octanol–water partition coefficient (Wildman–Crippen LogP) is 1.20. The zero-order valence-electron chi connectivity index (χ0n) is 12.8. The topological polar surface area (TPSA) is 72.9 Å². The summed E-state index contributed by atoms with van der Waals surface area (Å²) in [5, 5.41) is 0. The Morgan fingerprint density at radius 3 is 2.70 bits per heavy atom. The number of rotatable bonds is 3. The minimum atomic E-state index is -0.636. The number of amides is 1. The third-order valence-electron chi connectivity index (χ3n) is 4.10. The average Bonchev–Trinajstić information content (AvgIpc) is 2.58. The lowest BCUT2D eigenvalue weighted by Gasteiger charge is -2.39. The molecule has 6 nitrogen and oxygen atoms in total. The lowest BCUT2D eigenvalue weighted by atomic mass is 9.95. The highest BCUT2D eigenvalue weighted by molar-refractivity contribution is 6.05. The van der Waals surface area contributed by atoms with Crippen LogP contribution in [0, 0.1) is 0 Å². The molecule has 1 fully saturated rings. The van der Waals surface area contributed by atoms with Crippen LogP contribution in [0.5, 0.6) is 0 Å². The van der Waals surface area contributed by atoms with Gasteiger partial charge in [-0.15, -0.1) is 0 Å². The Bertz CT molecular complexity index is 679. The minimum absolute atomic E-state index is 0.0419. The fourth-order valence-corrected chi connectivity index (χ4v) is 3.02. The van der Waals surface area contributed by atoms with Gasteiger partial charge in [0.25, 0.3) is 0 Å². The molecule has 1 atom stereocenters. The maximum absolute atomic E-state index is 12.4. The SMILES string of the molecule is COC(=O)C1=C2C(=O)OCC(Cc3ccccc3)N2C(=O)CC1. The van der Waals surface area contributed by atoms with Crippen LogP contribution in [0.4, 0.5) is 0 Å². The van der Waals surface area contributed by atoms with Crippen LogP contribution < -0.4 is 0 Å². The van der Waals surface area contributed by atoms with E-state index in [0.717, 1.165) is 5.56 Å². The lowest BCUT2D eigenvalue weighted by molar-refractivity contribution is -0.156. The number of hydrogen-bond acceptors (Lipinski definition) is 5. The number of nitrogens with zero attached hydrogens (tertiary/aromatic N) is 1. The van der Waals surface area contributed by atoms with Crippen molar-refractivity contribution in [3.05, 3.63) is 47.2 Å². The summed E-state index contributed by atoms with van der Waals surface area (Å²) >= 11 is 0. The smallest absolute Gasteiger partial charge is 0.355 e. The van der Waals surface area contributed by atoms with Crippen LogP contribution in [0.2, 0.25) is 0 Å². The number of cyclic esters (lactones) is 1. The first-order valence-corrected chi connectivity index (χ1v) is 7.46. The molecule has 0 bridgehead atoms. The zero-order valence-corrected chi connectivity index (χ0v) is 12.8. The molecule has 2 aliphatic rings. The van der Waals surface area contributed by atoms with Crippen LogP contribution in [0.3, 0.4) is 0 Å². The maximum Gasteiger partial charge on any atom is 0.355 e. The number of hydrogen-bond donors (Lipinski definition) is 0. The van der Waals surface area contributed by atoms with Gasteiger partial charge in [0.05, 0.1) is 18.7 Å². The molecule has 0 spiro atoms. The third-order valence-corrected chi connectivity index (χ3v) is 4.10. The molecule has 0 aromatic heterocycles. The van der Waals surface area contributed by atoms with Gasteiger partial charge in [0.1, 0.15) is 12.3 Å². The molecule has 1 unspecified atom stereocenters. The molecule has 0 N–H and O–H groups in total. The number of fused-ring (bicyclic) bond motifs is 1. The summed E-state index contributed by atoms with van der Waals surface area (Å²) in [6.07, 6.45) is 0.939. The zero-order chi connectivity index (χ0) is 16.4. The van der Waals surface area contributed by atoms with Gasteiger partial charge in [-0.2, -0.15) is 0 Å². The largest absolute Gasteiger partial charge is 0.466 e. The van der Waals surface area contributed by atoms with Gasteiger partial charge in [0, 0.05) is 6.42 Å². The van der Waals surface area contributed by atoms with Crippen molar-refractivity contribution in [1.29, 1.82) is 0 Å². The first-order valence-electron chi connectivity index (χ1n) is 7.46. The van der Waals surface area contributed by atoms with Gasteiger partial charge in [-0.25, -0.2) is 9.59 Å². The predicted molar refractivity (Wildman–Crippen MR) is 80.0 cm³/mol. The molecule has 1 saturated heterocycles. The molecule has 1 aromatic rings. The normalized spacial score (nSPS) is 20.9. The van der Waals surface area contributed by atoms with E-state index < -0.39 is 11.9 Å².